The number of nitrogens with zero attached hydrogens (tertiary/aromatic N) is 2. The number of morpholine rings is 1. The molecule has 1 amide bonds. The Kier molecular flexibility index (Phi) is 5.26. The molecule has 9 heteroatoms. The largest absolute Gasteiger partial charge is 0.373 e. The van der Waals surface area contributed by atoms with Crippen LogP contribution in [-0.2, 0) is 27.6 Å². The molecule has 2 aromatic rings. The predicted octanol–water partition coefficient (Wildman–Crippen LogP) is 2.68. The van der Waals surface area contributed by atoms with Crippen LogP contribution in [0.2, 0.25) is 0 Å². The lowest BCUT2D eigenvalue weighted by Gasteiger charge is -2.34. The normalized spacial score (nSPS) is 22.8. The Morgan fingerprint density at radius 2 is 2.00 bits per heavy atom. The molecule has 2 aliphatic rings. The minimum atomic E-state index is -3.69. The number of aromatic nitrogens is 1. The molecule has 1 aromatic heterocycles. The van der Waals surface area contributed by atoms with Crippen molar-refractivity contribution < 1.29 is 17.9 Å². The maximum atomic E-state index is 13.0. The average Bonchev–Trinajstić information content (AvgIpc) is 3.22. The summed E-state index contributed by atoms with van der Waals surface area (Å²) in [5.41, 5.74) is 1.36. The number of ether oxygens (including phenoxy) is 1. The van der Waals surface area contributed by atoms with Crippen LogP contribution in [0.4, 0.5) is 5.13 Å². The number of benzene rings is 1. The first-order valence-electron chi connectivity index (χ1n) is 9.38. The van der Waals surface area contributed by atoms with Crippen LogP contribution in [0.5, 0.6) is 0 Å². The number of hydrogen-bond acceptors (Lipinski definition) is 6. The molecule has 4 rings (SSSR count). The molecular weight excluding hydrogens is 398 g/mol. The monoisotopic (exact) mass is 421 g/mol. The lowest BCUT2D eigenvalue weighted by molar-refractivity contribution is -0.0440. The van der Waals surface area contributed by atoms with Crippen LogP contribution in [-0.4, -0.2) is 48.9 Å². The Morgan fingerprint density at radius 1 is 1.25 bits per heavy atom. The van der Waals surface area contributed by atoms with Crippen LogP contribution in [0, 0.1) is 0 Å². The summed E-state index contributed by atoms with van der Waals surface area (Å²) in [7, 11) is -3.69. The van der Waals surface area contributed by atoms with Crippen molar-refractivity contribution in [2.24, 2.45) is 0 Å². The molecule has 1 N–H and O–H groups in total. The van der Waals surface area contributed by atoms with E-state index in [2.05, 4.69) is 10.3 Å². The minimum Gasteiger partial charge on any atom is -0.373 e. The van der Waals surface area contributed by atoms with Crippen molar-refractivity contribution >= 4 is 32.4 Å². The predicted molar refractivity (Wildman–Crippen MR) is 107 cm³/mol. The SMILES string of the molecule is C[C@@H]1CN(S(=O)(=O)c2cccc(C(=O)Nc3nc4c(s3)CCC4)c2)C[C@@H](C)O1. The Hall–Kier alpha value is -1.81. The number of rotatable bonds is 4. The van der Waals surface area contributed by atoms with Gasteiger partial charge in [0.05, 0.1) is 22.8 Å². The zero-order chi connectivity index (χ0) is 19.9. The molecule has 2 atom stereocenters. The lowest BCUT2D eigenvalue weighted by Crippen LogP contribution is -2.48. The zero-order valence-electron chi connectivity index (χ0n) is 15.8. The number of sulfonamides is 1. The zero-order valence-corrected chi connectivity index (χ0v) is 17.5. The van der Waals surface area contributed by atoms with Crippen LogP contribution in [0.15, 0.2) is 29.2 Å². The number of nitrogens with one attached hydrogen (secondary N) is 1. The van der Waals surface area contributed by atoms with Gasteiger partial charge >= 0.3 is 0 Å². The molecule has 1 aliphatic carbocycles. The number of aryl methyl sites for hydroxylation is 2. The summed E-state index contributed by atoms with van der Waals surface area (Å²) in [6.07, 6.45) is 2.73. The molecule has 1 fully saturated rings. The molecule has 1 saturated heterocycles. The molecule has 0 bridgehead atoms. The van der Waals surface area contributed by atoms with Gasteiger partial charge < -0.3 is 4.74 Å². The molecule has 0 saturated carbocycles. The van der Waals surface area contributed by atoms with Crippen LogP contribution >= 0.6 is 11.3 Å². The van der Waals surface area contributed by atoms with Gasteiger partial charge in [-0.25, -0.2) is 13.4 Å². The first-order chi connectivity index (χ1) is 13.3. The molecular formula is C19H23N3O4S2. The Labute approximate surface area is 168 Å². The van der Waals surface area contributed by atoms with Crippen molar-refractivity contribution in [2.75, 3.05) is 18.4 Å². The van der Waals surface area contributed by atoms with Gasteiger partial charge in [-0.3, -0.25) is 10.1 Å². The van der Waals surface area contributed by atoms with Crippen molar-refractivity contribution in [1.82, 2.24) is 9.29 Å². The molecule has 2 heterocycles. The van der Waals surface area contributed by atoms with Crippen molar-refractivity contribution in [1.29, 1.82) is 0 Å². The summed E-state index contributed by atoms with van der Waals surface area (Å²) in [4.78, 5) is 18.4. The maximum Gasteiger partial charge on any atom is 0.257 e. The van der Waals surface area contributed by atoms with Gasteiger partial charge in [0, 0.05) is 23.5 Å². The van der Waals surface area contributed by atoms with Gasteiger partial charge in [0.15, 0.2) is 5.13 Å². The molecule has 0 spiro atoms. The fourth-order valence-electron chi connectivity index (χ4n) is 3.69. The third-order valence-electron chi connectivity index (χ3n) is 4.94. The number of thiazole rings is 1. The summed E-state index contributed by atoms with van der Waals surface area (Å²) in [6.45, 7) is 4.31. The molecule has 1 aliphatic heterocycles. The summed E-state index contributed by atoms with van der Waals surface area (Å²) >= 11 is 1.49. The van der Waals surface area contributed by atoms with Crippen LogP contribution in [0.25, 0.3) is 0 Å². The highest BCUT2D eigenvalue weighted by molar-refractivity contribution is 7.89. The van der Waals surface area contributed by atoms with Crippen molar-refractivity contribution in [3.8, 4) is 0 Å². The fraction of sp³-hybridized carbons (Fsp3) is 0.474. The summed E-state index contributed by atoms with van der Waals surface area (Å²) in [5, 5.41) is 3.37. The van der Waals surface area contributed by atoms with E-state index >= 15 is 0 Å². The van der Waals surface area contributed by atoms with E-state index in [-0.39, 0.29) is 23.0 Å². The number of anilines is 1. The second-order valence-electron chi connectivity index (χ2n) is 7.30. The first kappa shape index (κ1) is 19.5. The Morgan fingerprint density at radius 3 is 2.71 bits per heavy atom. The van der Waals surface area contributed by atoms with E-state index in [4.69, 9.17) is 4.74 Å². The maximum absolute atomic E-state index is 13.0. The van der Waals surface area contributed by atoms with Crippen LogP contribution < -0.4 is 5.32 Å². The molecule has 0 unspecified atom stereocenters. The van der Waals surface area contributed by atoms with E-state index in [9.17, 15) is 13.2 Å². The number of carbonyl (C=O) groups excluding carboxylic acids is 1. The summed E-state index contributed by atoms with van der Waals surface area (Å²) in [6, 6.07) is 6.16. The lowest BCUT2D eigenvalue weighted by atomic mass is 10.2. The first-order valence-corrected chi connectivity index (χ1v) is 11.6. The van der Waals surface area contributed by atoms with E-state index < -0.39 is 10.0 Å². The summed E-state index contributed by atoms with van der Waals surface area (Å²) in [5.74, 6) is -0.354. The molecule has 28 heavy (non-hydrogen) atoms. The highest BCUT2D eigenvalue weighted by Gasteiger charge is 2.32. The van der Waals surface area contributed by atoms with Crippen molar-refractivity contribution in [2.45, 2.75) is 50.2 Å². The van der Waals surface area contributed by atoms with Crippen LogP contribution in [0.3, 0.4) is 0 Å². The van der Waals surface area contributed by atoms with Crippen LogP contribution in [0.1, 0.15) is 41.2 Å². The van der Waals surface area contributed by atoms with Gasteiger partial charge in [0.25, 0.3) is 5.91 Å². The number of hydrogen-bond donors (Lipinski definition) is 1. The Balaban J connectivity index is 1.54. The van der Waals surface area contributed by atoms with E-state index in [1.165, 1.54) is 32.7 Å². The smallest absolute Gasteiger partial charge is 0.257 e. The average molecular weight is 422 g/mol. The van der Waals surface area contributed by atoms with Gasteiger partial charge in [-0.15, -0.1) is 11.3 Å². The van der Waals surface area contributed by atoms with Gasteiger partial charge in [0.2, 0.25) is 10.0 Å². The van der Waals surface area contributed by atoms with Gasteiger partial charge in [-0.05, 0) is 51.3 Å². The van der Waals surface area contributed by atoms with Gasteiger partial charge in [-0.1, -0.05) is 6.07 Å². The van der Waals surface area contributed by atoms with Gasteiger partial charge in [-0.2, -0.15) is 4.31 Å². The van der Waals surface area contributed by atoms with Crippen molar-refractivity contribution in [3.63, 3.8) is 0 Å². The quantitative estimate of drug-likeness (QED) is 0.820. The van der Waals surface area contributed by atoms with E-state index in [1.807, 2.05) is 13.8 Å². The summed E-state index contributed by atoms with van der Waals surface area (Å²) < 4.78 is 33.1. The highest BCUT2D eigenvalue weighted by Crippen LogP contribution is 2.30. The fourth-order valence-corrected chi connectivity index (χ4v) is 6.37. The standard InChI is InChI=1S/C19H23N3O4S2/c1-12-10-22(11-13(2)26-12)28(24,25)15-6-3-5-14(9-15)18(23)21-19-20-16-7-4-8-17(16)27-19/h3,5-6,9,12-13H,4,7-8,10-11H2,1-2H3,(H,20,21,23)/t12-,13-/m1/s1. The number of carbonyl (C=O) groups is 1. The van der Waals surface area contributed by atoms with E-state index in [0.29, 0.717) is 23.8 Å². The topological polar surface area (TPSA) is 88.6 Å². The number of amides is 1. The molecule has 0 radical (unpaired) electrons. The molecule has 7 nitrogen and oxygen atoms in total. The molecule has 1 aromatic carbocycles. The second kappa shape index (κ2) is 7.55. The highest BCUT2D eigenvalue weighted by atomic mass is 32.2. The third-order valence-corrected chi connectivity index (χ3v) is 7.84. The minimum absolute atomic E-state index is 0.114. The van der Waals surface area contributed by atoms with E-state index in [0.717, 1.165) is 25.0 Å². The number of fused-ring (bicyclic) bond motifs is 1. The second-order valence-corrected chi connectivity index (χ2v) is 10.3. The Bertz CT molecular complexity index is 971. The third kappa shape index (κ3) is 3.84. The van der Waals surface area contributed by atoms with E-state index in [1.54, 1.807) is 12.1 Å². The van der Waals surface area contributed by atoms with Gasteiger partial charge in [0.1, 0.15) is 0 Å². The van der Waals surface area contributed by atoms with Crippen molar-refractivity contribution in [3.05, 3.63) is 40.4 Å². The molecule has 150 valence electrons.